The van der Waals surface area contributed by atoms with Crippen molar-refractivity contribution in [1.82, 2.24) is 10.2 Å². The highest BCUT2D eigenvalue weighted by Crippen LogP contribution is 2.42. The number of hydrogen-bond donors (Lipinski definition) is 1. The zero-order chi connectivity index (χ0) is 30.2. The summed E-state index contributed by atoms with van der Waals surface area (Å²) in [7, 11) is 0. The molecular formula is C35H37Cl2FN2O3. The third-order valence-corrected chi connectivity index (χ3v) is 8.68. The van der Waals surface area contributed by atoms with Gasteiger partial charge in [-0.1, -0.05) is 47.5 Å². The third-order valence-electron chi connectivity index (χ3n) is 8.13. The van der Waals surface area contributed by atoms with Crippen LogP contribution in [0.5, 0.6) is 5.75 Å². The summed E-state index contributed by atoms with van der Waals surface area (Å²) in [6, 6.07) is 19.7. The molecule has 1 heterocycles. The van der Waals surface area contributed by atoms with Gasteiger partial charge in [0.05, 0.1) is 6.67 Å². The van der Waals surface area contributed by atoms with Crippen molar-refractivity contribution in [2.45, 2.75) is 51.0 Å². The van der Waals surface area contributed by atoms with Gasteiger partial charge in [0.15, 0.2) is 0 Å². The van der Waals surface area contributed by atoms with Gasteiger partial charge in [-0.15, -0.1) is 0 Å². The number of allylic oxidation sites excluding steroid dienone is 1. The molecule has 3 aromatic rings. The van der Waals surface area contributed by atoms with Gasteiger partial charge in [-0.3, -0.25) is 14.1 Å². The fraction of sp³-hybridized carbons (Fsp3) is 0.371. The van der Waals surface area contributed by atoms with Crippen LogP contribution in [0.4, 0.5) is 4.39 Å². The van der Waals surface area contributed by atoms with Crippen LogP contribution in [-0.2, 0) is 11.2 Å². The van der Waals surface area contributed by atoms with Crippen LogP contribution in [0.15, 0.2) is 60.7 Å². The van der Waals surface area contributed by atoms with Gasteiger partial charge in [-0.2, -0.15) is 0 Å². The van der Waals surface area contributed by atoms with Crippen LogP contribution in [-0.4, -0.2) is 56.1 Å². The van der Waals surface area contributed by atoms with E-state index in [9.17, 15) is 14.0 Å². The van der Waals surface area contributed by atoms with Gasteiger partial charge >= 0.3 is 0 Å². The van der Waals surface area contributed by atoms with Crippen molar-refractivity contribution >= 4 is 46.5 Å². The standard InChI is InChI=1S/C35H37Cl2FN2O3/c36-27-10-14-31(33(37)22-27)32-6-3-5-25-21-26(35(42)39-17-1-2-20-41)9-13-30(25)34(32)24-7-11-28(12-8-24)43-29-15-19-40(23-29)18-4-16-38/h7-14,20-22,29H,1-6,15-19,23H2,(H,39,42)/t29-/m0/s1. The SMILES string of the molecule is O=CCCCNC(=O)c1ccc2c(c1)CCCC(c1ccc(Cl)cc1Cl)=C2c1ccc(O[C@H]2CCN(CCCF)C2)cc1. The lowest BCUT2D eigenvalue weighted by Gasteiger charge is -2.19. The van der Waals surface area contributed by atoms with Crippen LogP contribution in [0.1, 0.15) is 71.1 Å². The summed E-state index contributed by atoms with van der Waals surface area (Å²) in [6.07, 6.45) is 6.03. The van der Waals surface area contributed by atoms with Crippen LogP contribution in [0.2, 0.25) is 10.0 Å². The minimum atomic E-state index is -0.289. The lowest BCUT2D eigenvalue weighted by molar-refractivity contribution is -0.107. The molecule has 1 fully saturated rings. The number of amides is 1. The van der Waals surface area contributed by atoms with Crippen molar-refractivity contribution in [2.24, 2.45) is 0 Å². The highest BCUT2D eigenvalue weighted by Gasteiger charge is 2.25. The molecule has 1 N–H and O–H groups in total. The molecule has 43 heavy (non-hydrogen) atoms. The average Bonchev–Trinajstić information content (AvgIpc) is 3.37. The summed E-state index contributed by atoms with van der Waals surface area (Å²) in [5.41, 5.74) is 7.00. The van der Waals surface area contributed by atoms with Crippen molar-refractivity contribution in [3.8, 4) is 5.75 Å². The quantitative estimate of drug-likeness (QED) is 0.165. The minimum absolute atomic E-state index is 0.0923. The zero-order valence-corrected chi connectivity index (χ0v) is 25.7. The van der Waals surface area contributed by atoms with E-state index in [2.05, 4.69) is 22.3 Å². The molecule has 0 spiro atoms. The number of likely N-dealkylation sites (tertiary alicyclic amines) is 1. The van der Waals surface area contributed by atoms with Crippen molar-refractivity contribution in [3.63, 3.8) is 0 Å². The lowest BCUT2D eigenvalue weighted by atomic mass is 9.87. The van der Waals surface area contributed by atoms with Crippen molar-refractivity contribution in [3.05, 3.63) is 98.5 Å². The number of carbonyl (C=O) groups excluding carboxylic acids is 2. The number of unbranched alkanes of at least 4 members (excludes halogenated alkanes) is 1. The maximum absolute atomic E-state index is 12.9. The van der Waals surface area contributed by atoms with Gasteiger partial charge in [-0.25, -0.2) is 0 Å². The molecule has 1 atom stereocenters. The summed E-state index contributed by atoms with van der Waals surface area (Å²) < 4.78 is 18.9. The van der Waals surface area contributed by atoms with E-state index in [1.54, 1.807) is 6.07 Å². The number of hydrogen-bond acceptors (Lipinski definition) is 4. The van der Waals surface area contributed by atoms with Gasteiger partial charge in [0.1, 0.15) is 18.1 Å². The molecule has 0 radical (unpaired) electrons. The molecule has 1 saturated heterocycles. The lowest BCUT2D eigenvalue weighted by Crippen LogP contribution is -2.26. The van der Waals surface area contributed by atoms with Crippen LogP contribution in [0.3, 0.4) is 0 Å². The highest BCUT2D eigenvalue weighted by molar-refractivity contribution is 6.36. The second-order valence-corrected chi connectivity index (χ2v) is 12.0. The Bertz CT molecular complexity index is 1470. The number of nitrogens with one attached hydrogen (secondary N) is 1. The van der Waals surface area contributed by atoms with Crippen LogP contribution in [0, 0.1) is 0 Å². The molecule has 8 heteroatoms. The Kier molecular flexibility index (Phi) is 10.9. The Morgan fingerprint density at radius 1 is 1.02 bits per heavy atom. The number of aryl methyl sites for hydroxylation is 1. The van der Waals surface area contributed by atoms with E-state index in [1.165, 1.54) is 0 Å². The van der Waals surface area contributed by atoms with Gasteiger partial charge < -0.3 is 14.8 Å². The molecule has 2 aliphatic rings. The van der Waals surface area contributed by atoms with E-state index in [0.717, 1.165) is 90.8 Å². The molecular weight excluding hydrogens is 586 g/mol. The highest BCUT2D eigenvalue weighted by atomic mass is 35.5. The molecule has 1 amide bonds. The second kappa shape index (κ2) is 15.0. The first-order valence-corrected chi connectivity index (χ1v) is 15.8. The number of fused-ring (bicyclic) bond motifs is 1. The topological polar surface area (TPSA) is 58.6 Å². The molecule has 0 saturated carbocycles. The van der Waals surface area contributed by atoms with Gasteiger partial charge in [0.2, 0.25) is 0 Å². The largest absolute Gasteiger partial charge is 0.489 e. The first-order valence-electron chi connectivity index (χ1n) is 15.1. The van der Waals surface area contributed by atoms with Gasteiger partial charge in [-0.05, 0) is 108 Å². The number of rotatable bonds is 12. The van der Waals surface area contributed by atoms with Crippen LogP contribution in [0.25, 0.3) is 11.1 Å². The molecule has 0 unspecified atom stereocenters. The molecule has 226 valence electrons. The Morgan fingerprint density at radius 2 is 1.84 bits per heavy atom. The Morgan fingerprint density at radius 3 is 2.60 bits per heavy atom. The minimum Gasteiger partial charge on any atom is -0.489 e. The van der Waals surface area contributed by atoms with Gasteiger partial charge in [0.25, 0.3) is 5.91 Å². The Labute approximate surface area is 263 Å². The molecule has 1 aliphatic carbocycles. The van der Waals surface area contributed by atoms with E-state index >= 15 is 0 Å². The van der Waals surface area contributed by atoms with Crippen molar-refractivity contribution < 1.29 is 18.7 Å². The maximum Gasteiger partial charge on any atom is 0.251 e. The number of alkyl halides is 1. The normalized spacial score (nSPS) is 17.0. The first kappa shape index (κ1) is 31.2. The maximum atomic E-state index is 12.9. The van der Waals surface area contributed by atoms with E-state index in [-0.39, 0.29) is 18.7 Å². The predicted octanol–water partition coefficient (Wildman–Crippen LogP) is 7.81. The van der Waals surface area contributed by atoms with E-state index in [0.29, 0.717) is 41.4 Å². The number of ether oxygens (including phenoxy) is 1. The van der Waals surface area contributed by atoms with Crippen LogP contribution >= 0.6 is 23.2 Å². The molecule has 5 nitrogen and oxygen atoms in total. The average molecular weight is 624 g/mol. The first-order chi connectivity index (χ1) is 21.0. The zero-order valence-electron chi connectivity index (χ0n) is 24.2. The smallest absolute Gasteiger partial charge is 0.251 e. The van der Waals surface area contributed by atoms with Crippen molar-refractivity contribution in [1.29, 1.82) is 0 Å². The molecule has 3 aromatic carbocycles. The number of halogens is 3. The van der Waals surface area contributed by atoms with E-state index in [1.807, 2.05) is 42.5 Å². The molecule has 0 bridgehead atoms. The summed E-state index contributed by atoms with van der Waals surface area (Å²) in [5.74, 6) is 0.671. The number of aldehydes is 1. The van der Waals surface area contributed by atoms with E-state index in [4.69, 9.17) is 27.9 Å². The van der Waals surface area contributed by atoms with Crippen molar-refractivity contribution in [2.75, 3.05) is 32.9 Å². The number of carbonyl (C=O) groups is 2. The molecule has 0 aromatic heterocycles. The summed E-state index contributed by atoms with van der Waals surface area (Å²) in [6.45, 7) is 2.68. The van der Waals surface area contributed by atoms with Crippen LogP contribution < -0.4 is 10.1 Å². The fourth-order valence-electron chi connectivity index (χ4n) is 6.02. The Hall–Kier alpha value is -3.19. The Balaban J connectivity index is 1.46. The summed E-state index contributed by atoms with van der Waals surface area (Å²) in [5, 5.41) is 4.11. The number of benzene rings is 3. The van der Waals surface area contributed by atoms with E-state index < -0.39 is 0 Å². The molecule has 1 aliphatic heterocycles. The van der Waals surface area contributed by atoms with Gasteiger partial charge in [0, 0.05) is 48.2 Å². The fourth-order valence-corrected chi connectivity index (χ4v) is 6.55. The third kappa shape index (κ3) is 7.86. The number of nitrogens with zero attached hydrogens (tertiary/aromatic N) is 1. The second-order valence-electron chi connectivity index (χ2n) is 11.2. The summed E-state index contributed by atoms with van der Waals surface area (Å²) in [4.78, 5) is 25.7. The molecule has 5 rings (SSSR count). The summed E-state index contributed by atoms with van der Waals surface area (Å²) >= 11 is 13.0. The monoisotopic (exact) mass is 622 g/mol. The predicted molar refractivity (Wildman–Crippen MR) is 172 cm³/mol.